The van der Waals surface area contributed by atoms with Crippen molar-refractivity contribution in [1.29, 1.82) is 0 Å². The smallest absolute Gasteiger partial charge is 0.201 e. The number of ether oxygens (including phenoxy) is 3. The molecule has 6 heteroatoms. The Morgan fingerprint density at radius 3 is 2.03 bits per heavy atom. The summed E-state index contributed by atoms with van der Waals surface area (Å²) in [5.41, 5.74) is 1.49. The molecular formula is C31H43F3O3. The van der Waals surface area contributed by atoms with Crippen molar-refractivity contribution in [2.45, 2.75) is 103 Å². The van der Waals surface area contributed by atoms with E-state index in [4.69, 9.17) is 14.2 Å². The monoisotopic (exact) mass is 520 g/mol. The first kappa shape index (κ1) is 29.5. The minimum atomic E-state index is -1.04. The second-order valence-corrected chi connectivity index (χ2v) is 10.1. The summed E-state index contributed by atoms with van der Waals surface area (Å²) in [5.74, 6) is -2.74. The number of benzene rings is 2. The highest BCUT2D eigenvalue weighted by Crippen LogP contribution is 2.35. The summed E-state index contributed by atoms with van der Waals surface area (Å²) >= 11 is 0. The number of rotatable bonds is 16. The van der Waals surface area contributed by atoms with Gasteiger partial charge in [-0.3, -0.25) is 0 Å². The number of halogens is 3. The number of hydrogen-bond acceptors (Lipinski definition) is 3. The molecule has 1 aliphatic rings. The van der Waals surface area contributed by atoms with E-state index in [0.29, 0.717) is 12.2 Å². The van der Waals surface area contributed by atoms with E-state index in [2.05, 4.69) is 13.8 Å². The Bertz CT molecular complexity index is 942. The lowest BCUT2D eigenvalue weighted by Gasteiger charge is -2.30. The predicted molar refractivity (Wildman–Crippen MR) is 141 cm³/mol. The van der Waals surface area contributed by atoms with Crippen LogP contribution in [-0.2, 0) is 15.9 Å². The lowest BCUT2D eigenvalue weighted by molar-refractivity contribution is -0.193. The summed E-state index contributed by atoms with van der Waals surface area (Å²) in [5, 5.41) is 0. The standard InChI is InChI=1S/C31H43F3O3/c1-3-5-7-8-9-10-11-13-19-35-28-18-17-26(29(33)30(28)34)31-36-21-24(22-37-31)25-16-15-23(20-27(25)32)14-12-6-4-2/h15-18,20,24,31H,3-14,19,21-22H2,1-2H3. The topological polar surface area (TPSA) is 27.7 Å². The van der Waals surface area contributed by atoms with Gasteiger partial charge in [0, 0.05) is 11.5 Å². The number of unbranched alkanes of at least 4 members (excludes halogenated alkanes) is 9. The third-order valence-electron chi connectivity index (χ3n) is 7.06. The Morgan fingerprint density at radius 1 is 0.730 bits per heavy atom. The average molecular weight is 521 g/mol. The molecule has 1 heterocycles. The zero-order valence-electron chi connectivity index (χ0n) is 22.5. The summed E-state index contributed by atoms with van der Waals surface area (Å²) in [6, 6.07) is 8.18. The van der Waals surface area contributed by atoms with E-state index in [1.807, 2.05) is 6.07 Å². The van der Waals surface area contributed by atoms with Crippen LogP contribution in [0.2, 0.25) is 0 Å². The molecule has 0 N–H and O–H groups in total. The van der Waals surface area contributed by atoms with E-state index < -0.39 is 17.9 Å². The van der Waals surface area contributed by atoms with Crippen LogP contribution in [0.5, 0.6) is 5.75 Å². The quantitative estimate of drug-likeness (QED) is 0.207. The van der Waals surface area contributed by atoms with Gasteiger partial charge in [-0.1, -0.05) is 83.8 Å². The lowest BCUT2D eigenvalue weighted by atomic mass is 9.96. The molecule has 3 rings (SSSR count). The Kier molecular flexibility index (Phi) is 12.8. The molecule has 0 spiro atoms. The Balaban J connectivity index is 1.46. The Morgan fingerprint density at radius 2 is 1.35 bits per heavy atom. The summed E-state index contributed by atoms with van der Waals surface area (Å²) in [6.07, 6.45) is 12.3. The molecule has 0 atom stereocenters. The third-order valence-corrected chi connectivity index (χ3v) is 7.06. The van der Waals surface area contributed by atoms with Crippen LogP contribution in [-0.4, -0.2) is 19.8 Å². The molecule has 0 aromatic heterocycles. The molecule has 37 heavy (non-hydrogen) atoms. The minimum absolute atomic E-state index is 0.0119. The second-order valence-electron chi connectivity index (χ2n) is 10.1. The highest BCUT2D eigenvalue weighted by atomic mass is 19.2. The van der Waals surface area contributed by atoms with E-state index in [1.54, 1.807) is 12.1 Å². The minimum Gasteiger partial charge on any atom is -0.490 e. The first-order chi connectivity index (χ1) is 18.0. The molecule has 0 radical (unpaired) electrons. The molecule has 1 fully saturated rings. The van der Waals surface area contributed by atoms with Gasteiger partial charge < -0.3 is 14.2 Å². The summed E-state index contributed by atoms with van der Waals surface area (Å²) in [6.45, 7) is 5.02. The Hall–Kier alpha value is -2.05. The molecule has 0 saturated carbocycles. The molecule has 0 bridgehead atoms. The molecule has 0 unspecified atom stereocenters. The summed E-state index contributed by atoms with van der Waals surface area (Å²) in [4.78, 5) is 0. The third kappa shape index (κ3) is 9.03. The maximum absolute atomic E-state index is 14.8. The van der Waals surface area contributed by atoms with Crippen molar-refractivity contribution in [3.63, 3.8) is 0 Å². The molecule has 0 amide bonds. The maximum atomic E-state index is 14.8. The van der Waals surface area contributed by atoms with Gasteiger partial charge in [-0.15, -0.1) is 0 Å². The van der Waals surface area contributed by atoms with Crippen LogP contribution in [0.15, 0.2) is 30.3 Å². The van der Waals surface area contributed by atoms with Crippen molar-refractivity contribution in [3.8, 4) is 5.75 Å². The van der Waals surface area contributed by atoms with Gasteiger partial charge in [-0.05, 0) is 48.6 Å². The van der Waals surface area contributed by atoms with Gasteiger partial charge in [0.15, 0.2) is 17.9 Å². The SMILES string of the molecule is CCCCCCCCCCOc1ccc(C2OCC(c3ccc(CCCCC)cc3F)CO2)c(F)c1F. The normalized spacial score (nSPS) is 17.8. The average Bonchev–Trinajstić information content (AvgIpc) is 2.90. The number of aryl methyl sites for hydroxylation is 1. The van der Waals surface area contributed by atoms with Crippen LogP contribution in [0.25, 0.3) is 0 Å². The largest absolute Gasteiger partial charge is 0.490 e. The van der Waals surface area contributed by atoms with Gasteiger partial charge in [-0.2, -0.15) is 4.39 Å². The molecule has 2 aromatic carbocycles. The molecular weight excluding hydrogens is 477 g/mol. The zero-order valence-corrected chi connectivity index (χ0v) is 22.5. The van der Waals surface area contributed by atoms with Crippen molar-refractivity contribution in [2.75, 3.05) is 19.8 Å². The fourth-order valence-electron chi connectivity index (χ4n) is 4.76. The van der Waals surface area contributed by atoms with Crippen LogP contribution < -0.4 is 4.74 Å². The van der Waals surface area contributed by atoms with Gasteiger partial charge in [0.25, 0.3) is 0 Å². The summed E-state index contributed by atoms with van der Waals surface area (Å²) < 4.78 is 61.1. The fourth-order valence-corrected chi connectivity index (χ4v) is 4.76. The second kappa shape index (κ2) is 16.0. The molecule has 1 saturated heterocycles. The van der Waals surface area contributed by atoms with Crippen molar-refractivity contribution >= 4 is 0 Å². The van der Waals surface area contributed by atoms with Crippen molar-refractivity contribution in [3.05, 3.63) is 64.5 Å². The van der Waals surface area contributed by atoms with E-state index in [-0.39, 0.29) is 36.3 Å². The molecule has 1 aliphatic heterocycles. The van der Waals surface area contributed by atoms with Crippen LogP contribution in [0.3, 0.4) is 0 Å². The predicted octanol–water partition coefficient (Wildman–Crippen LogP) is 9.19. The van der Waals surface area contributed by atoms with Gasteiger partial charge in [0.1, 0.15) is 5.82 Å². The Labute approximate surface area is 220 Å². The highest BCUT2D eigenvalue weighted by molar-refractivity contribution is 5.32. The fraction of sp³-hybridized carbons (Fsp3) is 0.613. The van der Waals surface area contributed by atoms with Gasteiger partial charge in [0.2, 0.25) is 5.82 Å². The van der Waals surface area contributed by atoms with E-state index in [0.717, 1.165) is 50.5 Å². The van der Waals surface area contributed by atoms with E-state index in [9.17, 15) is 13.2 Å². The van der Waals surface area contributed by atoms with Crippen LogP contribution in [0, 0.1) is 17.5 Å². The van der Waals surface area contributed by atoms with Gasteiger partial charge in [-0.25, -0.2) is 8.78 Å². The van der Waals surface area contributed by atoms with Crippen molar-refractivity contribution in [2.24, 2.45) is 0 Å². The lowest BCUT2D eigenvalue weighted by Crippen LogP contribution is -2.27. The van der Waals surface area contributed by atoms with Crippen LogP contribution in [0.1, 0.15) is 113 Å². The van der Waals surface area contributed by atoms with E-state index >= 15 is 0 Å². The molecule has 206 valence electrons. The first-order valence-electron chi connectivity index (χ1n) is 14.2. The van der Waals surface area contributed by atoms with Gasteiger partial charge >= 0.3 is 0 Å². The number of hydrogen-bond donors (Lipinski definition) is 0. The molecule has 2 aromatic rings. The van der Waals surface area contributed by atoms with Crippen LogP contribution in [0.4, 0.5) is 13.2 Å². The maximum Gasteiger partial charge on any atom is 0.201 e. The zero-order chi connectivity index (χ0) is 26.5. The first-order valence-corrected chi connectivity index (χ1v) is 14.2. The van der Waals surface area contributed by atoms with Crippen molar-refractivity contribution < 1.29 is 27.4 Å². The highest BCUT2D eigenvalue weighted by Gasteiger charge is 2.30. The van der Waals surface area contributed by atoms with Crippen LogP contribution >= 0.6 is 0 Å². The molecule has 0 aliphatic carbocycles. The van der Waals surface area contributed by atoms with E-state index in [1.165, 1.54) is 44.2 Å². The van der Waals surface area contributed by atoms with Crippen molar-refractivity contribution in [1.82, 2.24) is 0 Å². The summed E-state index contributed by atoms with van der Waals surface area (Å²) in [7, 11) is 0. The molecule has 3 nitrogen and oxygen atoms in total. The van der Waals surface area contributed by atoms with Gasteiger partial charge in [0.05, 0.1) is 19.8 Å².